The van der Waals surface area contributed by atoms with Crippen LogP contribution in [0.2, 0.25) is 0 Å². The van der Waals surface area contributed by atoms with Gasteiger partial charge in [0.2, 0.25) is 5.91 Å². The Morgan fingerprint density at radius 1 is 1.33 bits per heavy atom. The van der Waals surface area contributed by atoms with Crippen LogP contribution in [0.1, 0.15) is 18.4 Å². The minimum atomic E-state index is 0.0836. The summed E-state index contributed by atoms with van der Waals surface area (Å²) in [6.45, 7) is 3.35. The minimum absolute atomic E-state index is 0.0836. The molecule has 0 aromatic heterocycles. The van der Waals surface area contributed by atoms with E-state index >= 15 is 0 Å². The number of rotatable bonds is 7. The second-order valence-electron chi connectivity index (χ2n) is 4.27. The Kier molecular flexibility index (Phi) is 6.58. The third-order valence-electron chi connectivity index (χ3n) is 2.66. The van der Waals surface area contributed by atoms with Crippen LogP contribution < -0.4 is 4.74 Å². The van der Waals surface area contributed by atoms with Gasteiger partial charge in [-0.15, -0.1) is 11.6 Å². The number of alkyl halides is 1. The lowest BCUT2D eigenvalue weighted by Crippen LogP contribution is -2.28. The standard InChI is InChI=1S/C14H20ClNO2/c1-12-4-6-13(7-5-12)18-11-3-10-16(2)14(17)8-9-15/h4-7H,3,8-11H2,1-2H3. The number of carbonyl (C=O) groups is 1. The highest BCUT2D eigenvalue weighted by Gasteiger charge is 2.06. The van der Waals surface area contributed by atoms with Gasteiger partial charge in [-0.05, 0) is 25.5 Å². The summed E-state index contributed by atoms with van der Waals surface area (Å²) in [7, 11) is 1.79. The van der Waals surface area contributed by atoms with Crippen molar-refractivity contribution in [3.8, 4) is 5.75 Å². The topological polar surface area (TPSA) is 29.5 Å². The number of hydrogen-bond donors (Lipinski definition) is 0. The fraction of sp³-hybridized carbons (Fsp3) is 0.500. The highest BCUT2D eigenvalue weighted by Crippen LogP contribution is 2.11. The Morgan fingerprint density at radius 2 is 2.00 bits per heavy atom. The van der Waals surface area contributed by atoms with Gasteiger partial charge in [0.05, 0.1) is 6.61 Å². The van der Waals surface area contributed by atoms with Crippen molar-refractivity contribution in [3.05, 3.63) is 29.8 Å². The van der Waals surface area contributed by atoms with Gasteiger partial charge in [0, 0.05) is 25.9 Å². The molecule has 0 heterocycles. The summed E-state index contributed by atoms with van der Waals surface area (Å²) in [4.78, 5) is 13.1. The summed E-state index contributed by atoms with van der Waals surface area (Å²) in [6.07, 6.45) is 1.22. The lowest BCUT2D eigenvalue weighted by Gasteiger charge is -2.16. The number of ether oxygens (including phenoxy) is 1. The van der Waals surface area contributed by atoms with Crippen molar-refractivity contribution < 1.29 is 9.53 Å². The first-order valence-electron chi connectivity index (χ1n) is 6.13. The van der Waals surface area contributed by atoms with Crippen molar-refractivity contribution in [2.24, 2.45) is 0 Å². The molecular formula is C14H20ClNO2. The Morgan fingerprint density at radius 3 is 2.61 bits per heavy atom. The largest absolute Gasteiger partial charge is 0.494 e. The molecule has 18 heavy (non-hydrogen) atoms. The summed E-state index contributed by atoms with van der Waals surface area (Å²) in [5.41, 5.74) is 1.22. The molecule has 0 unspecified atom stereocenters. The molecule has 0 radical (unpaired) electrons. The van der Waals surface area contributed by atoms with Crippen LogP contribution >= 0.6 is 11.6 Å². The summed E-state index contributed by atoms with van der Waals surface area (Å²) in [5.74, 6) is 1.33. The molecule has 0 fully saturated rings. The molecule has 0 aliphatic rings. The van der Waals surface area contributed by atoms with Crippen LogP contribution in [0, 0.1) is 6.92 Å². The van der Waals surface area contributed by atoms with Crippen molar-refractivity contribution in [1.29, 1.82) is 0 Å². The van der Waals surface area contributed by atoms with Crippen LogP contribution in [0.4, 0.5) is 0 Å². The minimum Gasteiger partial charge on any atom is -0.494 e. The molecule has 0 atom stereocenters. The lowest BCUT2D eigenvalue weighted by molar-refractivity contribution is -0.129. The predicted octanol–water partition coefficient (Wildman–Crippen LogP) is 2.85. The predicted molar refractivity (Wildman–Crippen MR) is 74.3 cm³/mol. The van der Waals surface area contributed by atoms with Gasteiger partial charge in [-0.2, -0.15) is 0 Å². The highest BCUT2D eigenvalue weighted by molar-refractivity contribution is 6.18. The third kappa shape index (κ3) is 5.41. The van der Waals surface area contributed by atoms with E-state index < -0.39 is 0 Å². The average molecular weight is 270 g/mol. The van der Waals surface area contributed by atoms with E-state index in [0.717, 1.165) is 12.2 Å². The lowest BCUT2D eigenvalue weighted by atomic mass is 10.2. The van der Waals surface area contributed by atoms with Crippen molar-refractivity contribution in [1.82, 2.24) is 4.90 Å². The SMILES string of the molecule is Cc1ccc(OCCCN(C)C(=O)CCCl)cc1. The molecule has 0 aliphatic heterocycles. The van der Waals surface area contributed by atoms with Gasteiger partial charge in [0.15, 0.2) is 0 Å². The van der Waals surface area contributed by atoms with Gasteiger partial charge in [-0.25, -0.2) is 0 Å². The molecule has 1 amide bonds. The first-order chi connectivity index (χ1) is 8.63. The summed E-state index contributed by atoms with van der Waals surface area (Å²) in [5, 5.41) is 0. The van der Waals surface area contributed by atoms with Crippen molar-refractivity contribution in [2.45, 2.75) is 19.8 Å². The Labute approximate surface area is 114 Å². The smallest absolute Gasteiger partial charge is 0.223 e. The van der Waals surface area contributed by atoms with Crippen molar-refractivity contribution in [2.75, 3.05) is 26.1 Å². The molecular weight excluding hydrogens is 250 g/mol. The number of benzene rings is 1. The maximum Gasteiger partial charge on any atom is 0.223 e. The monoisotopic (exact) mass is 269 g/mol. The van der Waals surface area contributed by atoms with Crippen LogP contribution in [-0.2, 0) is 4.79 Å². The zero-order chi connectivity index (χ0) is 13.4. The van der Waals surface area contributed by atoms with E-state index in [4.69, 9.17) is 16.3 Å². The molecule has 0 N–H and O–H groups in total. The number of hydrogen-bond acceptors (Lipinski definition) is 2. The van der Waals surface area contributed by atoms with E-state index in [9.17, 15) is 4.79 Å². The number of halogens is 1. The van der Waals surface area contributed by atoms with Gasteiger partial charge in [-0.3, -0.25) is 4.79 Å². The molecule has 0 saturated heterocycles. The van der Waals surface area contributed by atoms with Gasteiger partial charge in [-0.1, -0.05) is 17.7 Å². The fourth-order valence-electron chi connectivity index (χ4n) is 1.52. The Balaban J connectivity index is 2.18. The van der Waals surface area contributed by atoms with Gasteiger partial charge >= 0.3 is 0 Å². The Bertz CT molecular complexity index is 365. The summed E-state index contributed by atoms with van der Waals surface area (Å²) >= 11 is 5.52. The zero-order valence-electron chi connectivity index (χ0n) is 11.0. The third-order valence-corrected chi connectivity index (χ3v) is 2.85. The van der Waals surface area contributed by atoms with E-state index in [1.165, 1.54) is 5.56 Å². The van der Waals surface area contributed by atoms with Crippen LogP contribution in [0.25, 0.3) is 0 Å². The summed E-state index contributed by atoms with van der Waals surface area (Å²) < 4.78 is 5.59. The average Bonchev–Trinajstić information content (AvgIpc) is 2.36. The number of amides is 1. The van der Waals surface area contributed by atoms with Crippen molar-refractivity contribution >= 4 is 17.5 Å². The van der Waals surface area contributed by atoms with Crippen LogP contribution in [0.3, 0.4) is 0 Å². The maximum atomic E-state index is 11.4. The molecule has 0 saturated carbocycles. The van der Waals surface area contributed by atoms with Crippen LogP contribution in [0.15, 0.2) is 24.3 Å². The molecule has 100 valence electrons. The van der Waals surface area contributed by atoms with Gasteiger partial charge < -0.3 is 9.64 Å². The van der Waals surface area contributed by atoms with Crippen LogP contribution in [-0.4, -0.2) is 36.9 Å². The van der Waals surface area contributed by atoms with Crippen LogP contribution in [0.5, 0.6) is 5.75 Å². The molecule has 1 aromatic rings. The van der Waals surface area contributed by atoms with E-state index in [-0.39, 0.29) is 5.91 Å². The van der Waals surface area contributed by atoms with E-state index in [1.807, 2.05) is 31.2 Å². The molecule has 0 bridgehead atoms. The number of carbonyl (C=O) groups excluding carboxylic acids is 1. The molecule has 1 rings (SSSR count). The number of nitrogens with zero attached hydrogens (tertiary/aromatic N) is 1. The highest BCUT2D eigenvalue weighted by atomic mass is 35.5. The first-order valence-corrected chi connectivity index (χ1v) is 6.66. The molecule has 0 spiro atoms. The van der Waals surface area contributed by atoms with Gasteiger partial charge in [0.1, 0.15) is 5.75 Å². The maximum absolute atomic E-state index is 11.4. The van der Waals surface area contributed by atoms with E-state index in [2.05, 4.69) is 0 Å². The molecule has 3 nitrogen and oxygen atoms in total. The number of aryl methyl sites for hydroxylation is 1. The van der Waals surface area contributed by atoms with Gasteiger partial charge in [0.25, 0.3) is 0 Å². The molecule has 0 aliphatic carbocycles. The van der Waals surface area contributed by atoms with Crippen molar-refractivity contribution in [3.63, 3.8) is 0 Å². The quantitative estimate of drug-likeness (QED) is 0.563. The molecule has 1 aromatic carbocycles. The van der Waals surface area contributed by atoms with E-state index in [1.54, 1.807) is 11.9 Å². The normalized spacial score (nSPS) is 10.2. The molecule has 4 heteroatoms. The zero-order valence-corrected chi connectivity index (χ0v) is 11.7. The first kappa shape index (κ1) is 14.8. The second kappa shape index (κ2) is 7.98. The second-order valence-corrected chi connectivity index (χ2v) is 4.65. The fourth-order valence-corrected chi connectivity index (χ4v) is 1.68. The summed E-state index contributed by atoms with van der Waals surface area (Å²) in [6, 6.07) is 7.95. The van der Waals surface area contributed by atoms with E-state index in [0.29, 0.717) is 25.5 Å². The Hall–Kier alpha value is -1.22.